The summed E-state index contributed by atoms with van der Waals surface area (Å²) in [6.45, 7) is 0. The van der Waals surface area contributed by atoms with E-state index in [0.29, 0.717) is 16.3 Å². The van der Waals surface area contributed by atoms with E-state index in [1.165, 1.54) is 0 Å². The number of aliphatic hydroxyl groups excluding tert-OH is 1. The summed E-state index contributed by atoms with van der Waals surface area (Å²) in [4.78, 5) is 0. The summed E-state index contributed by atoms with van der Waals surface area (Å²) in [5.41, 5.74) is 0.716. The molecule has 1 aromatic rings. The minimum absolute atomic E-state index is 0.495. The SMILES string of the molecule is CNC(O)c1ccc(OC)c(Cl)c1. The lowest BCUT2D eigenvalue weighted by molar-refractivity contribution is 0.149. The van der Waals surface area contributed by atoms with E-state index in [2.05, 4.69) is 5.32 Å². The Morgan fingerprint density at radius 1 is 1.54 bits per heavy atom. The molecule has 0 saturated carbocycles. The molecule has 72 valence electrons. The molecule has 0 aliphatic rings. The Morgan fingerprint density at radius 3 is 2.69 bits per heavy atom. The third kappa shape index (κ3) is 2.34. The minimum atomic E-state index is -0.691. The highest BCUT2D eigenvalue weighted by Crippen LogP contribution is 2.26. The molecule has 0 bridgehead atoms. The molecule has 3 nitrogen and oxygen atoms in total. The van der Waals surface area contributed by atoms with Gasteiger partial charge in [0.2, 0.25) is 0 Å². The van der Waals surface area contributed by atoms with Crippen LogP contribution in [0.1, 0.15) is 11.8 Å². The van der Waals surface area contributed by atoms with Crippen LogP contribution in [-0.4, -0.2) is 19.3 Å². The van der Waals surface area contributed by atoms with E-state index in [4.69, 9.17) is 16.3 Å². The molecule has 0 radical (unpaired) electrons. The van der Waals surface area contributed by atoms with E-state index in [1.807, 2.05) is 0 Å². The maximum absolute atomic E-state index is 9.41. The number of aliphatic hydroxyl groups is 1. The molecular weight excluding hydrogens is 190 g/mol. The standard InChI is InChI=1S/C9H12ClNO2/c1-11-9(12)6-3-4-8(13-2)7(10)5-6/h3-5,9,11-12H,1-2H3. The second-order valence-electron chi connectivity index (χ2n) is 2.59. The molecule has 13 heavy (non-hydrogen) atoms. The van der Waals surface area contributed by atoms with Crippen LogP contribution in [-0.2, 0) is 0 Å². The molecule has 0 aliphatic heterocycles. The fraction of sp³-hybridized carbons (Fsp3) is 0.333. The van der Waals surface area contributed by atoms with Crippen LogP contribution in [0, 0.1) is 0 Å². The summed E-state index contributed by atoms with van der Waals surface area (Å²) in [6, 6.07) is 5.14. The number of rotatable bonds is 3. The summed E-state index contributed by atoms with van der Waals surface area (Å²) in [7, 11) is 3.22. The Morgan fingerprint density at radius 2 is 2.23 bits per heavy atom. The molecule has 1 atom stereocenters. The lowest BCUT2D eigenvalue weighted by Crippen LogP contribution is -2.14. The van der Waals surface area contributed by atoms with Crippen LogP contribution in [0.2, 0.25) is 5.02 Å². The predicted octanol–water partition coefficient (Wildman–Crippen LogP) is 1.56. The quantitative estimate of drug-likeness (QED) is 0.730. The molecule has 0 aromatic heterocycles. The number of hydrogen-bond donors (Lipinski definition) is 2. The van der Waals surface area contributed by atoms with Gasteiger partial charge in [-0.3, -0.25) is 5.32 Å². The van der Waals surface area contributed by atoms with Crippen LogP contribution < -0.4 is 10.1 Å². The first-order chi connectivity index (χ1) is 6.19. The summed E-state index contributed by atoms with van der Waals surface area (Å²) in [6.07, 6.45) is -0.691. The van der Waals surface area contributed by atoms with Crippen molar-refractivity contribution in [2.24, 2.45) is 0 Å². The average Bonchev–Trinajstić information content (AvgIpc) is 2.16. The van der Waals surface area contributed by atoms with Gasteiger partial charge in [-0.05, 0) is 24.7 Å². The van der Waals surface area contributed by atoms with Crippen molar-refractivity contribution in [3.63, 3.8) is 0 Å². The topological polar surface area (TPSA) is 41.5 Å². The van der Waals surface area contributed by atoms with Gasteiger partial charge in [-0.1, -0.05) is 17.7 Å². The van der Waals surface area contributed by atoms with E-state index in [9.17, 15) is 5.11 Å². The molecule has 4 heteroatoms. The minimum Gasteiger partial charge on any atom is -0.495 e. The third-order valence-corrected chi connectivity index (χ3v) is 2.06. The highest BCUT2D eigenvalue weighted by atomic mass is 35.5. The zero-order chi connectivity index (χ0) is 9.84. The monoisotopic (exact) mass is 201 g/mol. The second-order valence-corrected chi connectivity index (χ2v) is 2.99. The highest BCUT2D eigenvalue weighted by molar-refractivity contribution is 6.32. The third-order valence-electron chi connectivity index (χ3n) is 1.77. The van der Waals surface area contributed by atoms with Crippen LogP contribution in [0.4, 0.5) is 0 Å². The van der Waals surface area contributed by atoms with Gasteiger partial charge < -0.3 is 9.84 Å². The molecule has 0 fully saturated rings. The number of ether oxygens (including phenoxy) is 1. The second kappa shape index (κ2) is 4.46. The van der Waals surface area contributed by atoms with Gasteiger partial charge in [-0.2, -0.15) is 0 Å². The van der Waals surface area contributed by atoms with Gasteiger partial charge in [0.05, 0.1) is 12.1 Å². The predicted molar refractivity (Wildman–Crippen MR) is 52.0 cm³/mol. The van der Waals surface area contributed by atoms with Crippen molar-refractivity contribution in [1.29, 1.82) is 0 Å². The molecular formula is C9H12ClNO2. The average molecular weight is 202 g/mol. The number of methoxy groups -OCH3 is 1. The molecule has 0 aliphatic carbocycles. The van der Waals surface area contributed by atoms with Crippen molar-refractivity contribution < 1.29 is 9.84 Å². The number of hydrogen-bond acceptors (Lipinski definition) is 3. The van der Waals surface area contributed by atoms with Gasteiger partial charge in [0.1, 0.15) is 12.0 Å². The molecule has 1 aromatic carbocycles. The Kier molecular flexibility index (Phi) is 3.54. The Balaban J connectivity index is 2.95. The van der Waals surface area contributed by atoms with Crippen molar-refractivity contribution in [3.8, 4) is 5.75 Å². The Labute approximate surface area is 82.3 Å². The van der Waals surface area contributed by atoms with Crippen LogP contribution in [0.25, 0.3) is 0 Å². The van der Waals surface area contributed by atoms with Crippen molar-refractivity contribution in [1.82, 2.24) is 5.32 Å². The van der Waals surface area contributed by atoms with Gasteiger partial charge in [-0.25, -0.2) is 0 Å². The first-order valence-corrected chi connectivity index (χ1v) is 4.25. The van der Waals surface area contributed by atoms with Gasteiger partial charge in [-0.15, -0.1) is 0 Å². The van der Waals surface area contributed by atoms with E-state index >= 15 is 0 Å². The zero-order valence-corrected chi connectivity index (χ0v) is 8.30. The van der Waals surface area contributed by atoms with Crippen LogP contribution in [0.15, 0.2) is 18.2 Å². The van der Waals surface area contributed by atoms with E-state index in [1.54, 1.807) is 32.4 Å². The fourth-order valence-electron chi connectivity index (χ4n) is 1.02. The summed E-state index contributed by atoms with van der Waals surface area (Å²) >= 11 is 5.87. The van der Waals surface area contributed by atoms with Gasteiger partial charge in [0.25, 0.3) is 0 Å². The Hall–Kier alpha value is -0.770. The summed E-state index contributed by atoms with van der Waals surface area (Å²) in [5, 5.41) is 12.6. The summed E-state index contributed by atoms with van der Waals surface area (Å²) < 4.78 is 4.98. The molecule has 1 unspecified atom stereocenters. The van der Waals surface area contributed by atoms with Gasteiger partial charge in [0.15, 0.2) is 0 Å². The maximum Gasteiger partial charge on any atom is 0.137 e. The van der Waals surface area contributed by atoms with E-state index < -0.39 is 6.23 Å². The highest BCUT2D eigenvalue weighted by Gasteiger charge is 2.07. The molecule has 0 spiro atoms. The normalized spacial score (nSPS) is 12.6. The molecule has 0 saturated heterocycles. The Bertz CT molecular complexity index is 291. The fourth-order valence-corrected chi connectivity index (χ4v) is 1.29. The first-order valence-electron chi connectivity index (χ1n) is 3.87. The van der Waals surface area contributed by atoms with Crippen molar-refractivity contribution in [3.05, 3.63) is 28.8 Å². The number of benzene rings is 1. The lowest BCUT2D eigenvalue weighted by Gasteiger charge is -2.11. The van der Waals surface area contributed by atoms with Crippen LogP contribution in [0.3, 0.4) is 0 Å². The zero-order valence-electron chi connectivity index (χ0n) is 7.54. The summed E-state index contributed by atoms with van der Waals surface area (Å²) in [5.74, 6) is 0.605. The van der Waals surface area contributed by atoms with Crippen molar-refractivity contribution in [2.45, 2.75) is 6.23 Å². The van der Waals surface area contributed by atoms with Gasteiger partial charge in [0, 0.05) is 0 Å². The number of nitrogens with one attached hydrogen (secondary N) is 1. The first kappa shape index (κ1) is 10.3. The van der Waals surface area contributed by atoms with E-state index in [-0.39, 0.29) is 0 Å². The smallest absolute Gasteiger partial charge is 0.137 e. The maximum atomic E-state index is 9.41. The molecule has 1 rings (SSSR count). The van der Waals surface area contributed by atoms with Crippen molar-refractivity contribution >= 4 is 11.6 Å². The number of halogens is 1. The largest absolute Gasteiger partial charge is 0.495 e. The van der Waals surface area contributed by atoms with Crippen LogP contribution >= 0.6 is 11.6 Å². The van der Waals surface area contributed by atoms with E-state index in [0.717, 1.165) is 0 Å². The van der Waals surface area contributed by atoms with Gasteiger partial charge >= 0.3 is 0 Å². The lowest BCUT2D eigenvalue weighted by atomic mass is 10.2. The van der Waals surface area contributed by atoms with Crippen LogP contribution in [0.5, 0.6) is 5.75 Å². The van der Waals surface area contributed by atoms with Crippen molar-refractivity contribution in [2.75, 3.05) is 14.2 Å². The molecule has 0 heterocycles. The molecule has 2 N–H and O–H groups in total. The molecule has 0 amide bonds.